The number of carbonyl (C=O) groups is 1. The number of methoxy groups -OCH3 is 1. The number of rotatable bonds is 6. The summed E-state index contributed by atoms with van der Waals surface area (Å²) in [5.74, 6) is 0.587. The molecule has 0 saturated heterocycles. The average molecular weight is 469 g/mol. The van der Waals surface area contributed by atoms with Gasteiger partial charge in [-0.1, -0.05) is 28.1 Å². The van der Waals surface area contributed by atoms with Crippen molar-refractivity contribution in [1.82, 2.24) is 14.8 Å². The first-order chi connectivity index (χ1) is 14.1. The van der Waals surface area contributed by atoms with Crippen LogP contribution in [0.25, 0.3) is 16.2 Å². The number of nitrogens with one attached hydrogen (secondary N) is 1. The van der Waals surface area contributed by atoms with Gasteiger partial charge >= 0.3 is 0 Å². The van der Waals surface area contributed by atoms with Crippen molar-refractivity contribution >= 4 is 44.3 Å². The molecule has 146 valence electrons. The summed E-state index contributed by atoms with van der Waals surface area (Å²) in [5.41, 5.74) is 6.23. The predicted octanol–water partition coefficient (Wildman–Crippen LogP) is 4.53. The summed E-state index contributed by atoms with van der Waals surface area (Å²) in [7, 11) is 1.62. The normalized spacial score (nSPS) is 11.2. The molecule has 6 nitrogen and oxygen atoms in total. The molecule has 8 heteroatoms. The molecule has 1 N–H and O–H groups in total. The van der Waals surface area contributed by atoms with E-state index in [0.29, 0.717) is 0 Å². The maximum absolute atomic E-state index is 12.3. The molecular weight excluding hydrogens is 452 g/mol. The number of nitrogens with zero attached hydrogens (tertiary/aromatic N) is 3. The van der Waals surface area contributed by atoms with Crippen LogP contribution >= 0.6 is 27.3 Å². The summed E-state index contributed by atoms with van der Waals surface area (Å²) in [4.78, 5) is 17.8. The molecule has 0 fully saturated rings. The fraction of sp³-hybridized carbons (Fsp3) is 0.0952. The van der Waals surface area contributed by atoms with Crippen molar-refractivity contribution in [2.24, 2.45) is 5.10 Å². The van der Waals surface area contributed by atoms with Crippen LogP contribution in [0.5, 0.6) is 5.75 Å². The first kappa shape index (κ1) is 19.4. The summed E-state index contributed by atoms with van der Waals surface area (Å²) < 4.78 is 8.09. The first-order valence-corrected chi connectivity index (χ1v) is 10.5. The fourth-order valence-electron chi connectivity index (χ4n) is 2.79. The molecule has 0 aliphatic carbocycles. The molecule has 4 aromatic rings. The molecule has 2 heterocycles. The van der Waals surface area contributed by atoms with Gasteiger partial charge in [-0.15, -0.1) is 11.3 Å². The van der Waals surface area contributed by atoms with Gasteiger partial charge < -0.3 is 4.74 Å². The van der Waals surface area contributed by atoms with Gasteiger partial charge in [-0.05, 0) is 42.0 Å². The van der Waals surface area contributed by atoms with Crippen molar-refractivity contribution in [2.45, 2.75) is 6.42 Å². The lowest BCUT2D eigenvalue weighted by Gasteiger charge is -2.00. The number of aromatic nitrogens is 2. The lowest BCUT2D eigenvalue weighted by molar-refractivity contribution is -0.120. The van der Waals surface area contributed by atoms with Crippen LogP contribution in [0.15, 0.2) is 69.7 Å². The highest BCUT2D eigenvalue weighted by atomic mass is 79.9. The number of hydrogen-bond donors (Lipinski definition) is 1. The number of amides is 1. The minimum Gasteiger partial charge on any atom is -0.497 e. The molecule has 4 rings (SSSR count). The summed E-state index contributed by atoms with van der Waals surface area (Å²) in [6.07, 6.45) is 3.78. The number of carbonyl (C=O) groups excluding carboxylic acids is 1. The Balaban J connectivity index is 1.42. The highest BCUT2D eigenvalue weighted by Crippen LogP contribution is 2.25. The van der Waals surface area contributed by atoms with Crippen LogP contribution in [0.4, 0.5) is 0 Å². The maximum Gasteiger partial charge on any atom is 0.246 e. The largest absolute Gasteiger partial charge is 0.497 e. The standard InChI is InChI=1S/C21H17BrN4O2S/c1-28-18-8-2-14(3-9-18)11-23-25-20(27)10-17-13-29-21-24-19(12-26(17)21)15-4-6-16(22)7-5-15/h2-9,11-13H,10H2,1H3,(H,25,27)/b23-11+. The third-order valence-electron chi connectivity index (χ3n) is 4.28. The van der Waals surface area contributed by atoms with Crippen molar-refractivity contribution in [3.05, 3.63) is 75.8 Å². The van der Waals surface area contributed by atoms with Crippen molar-refractivity contribution in [3.8, 4) is 17.0 Å². The molecule has 0 aliphatic rings. The van der Waals surface area contributed by atoms with Crippen LogP contribution in [0.3, 0.4) is 0 Å². The van der Waals surface area contributed by atoms with Crippen LogP contribution in [0.2, 0.25) is 0 Å². The summed E-state index contributed by atoms with van der Waals surface area (Å²) in [5, 5.41) is 5.97. The number of thiazole rings is 1. The molecule has 0 unspecified atom stereocenters. The van der Waals surface area contributed by atoms with E-state index in [2.05, 4.69) is 31.4 Å². The minimum atomic E-state index is -0.187. The van der Waals surface area contributed by atoms with E-state index < -0.39 is 0 Å². The molecule has 0 radical (unpaired) electrons. The van der Waals surface area contributed by atoms with Crippen LogP contribution < -0.4 is 10.2 Å². The maximum atomic E-state index is 12.3. The topological polar surface area (TPSA) is 68.0 Å². The average Bonchev–Trinajstić information content (AvgIpc) is 3.31. The van der Waals surface area contributed by atoms with Gasteiger partial charge in [-0.3, -0.25) is 9.20 Å². The SMILES string of the molecule is COc1ccc(/C=N/NC(=O)Cc2csc3nc(-c4ccc(Br)cc4)cn23)cc1. The van der Waals surface area contributed by atoms with E-state index in [1.807, 2.05) is 64.5 Å². The Morgan fingerprint density at radius 2 is 2.00 bits per heavy atom. The van der Waals surface area contributed by atoms with E-state index in [1.165, 1.54) is 11.3 Å². The van der Waals surface area contributed by atoms with Gasteiger partial charge in [0, 0.05) is 27.3 Å². The molecule has 2 aromatic carbocycles. The van der Waals surface area contributed by atoms with Crippen molar-refractivity contribution in [3.63, 3.8) is 0 Å². The number of halogens is 1. The van der Waals surface area contributed by atoms with E-state index in [0.717, 1.165) is 37.7 Å². The Kier molecular flexibility index (Phi) is 5.73. The Morgan fingerprint density at radius 1 is 1.24 bits per heavy atom. The minimum absolute atomic E-state index is 0.187. The molecule has 0 saturated carbocycles. The quantitative estimate of drug-likeness (QED) is 0.334. The number of ether oxygens (including phenoxy) is 1. The Hall–Kier alpha value is -2.97. The second kappa shape index (κ2) is 8.59. The number of imidazole rings is 1. The lowest BCUT2D eigenvalue weighted by atomic mass is 10.2. The molecule has 2 aromatic heterocycles. The van der Waals surface area contributed by atoms with Crippen molar-refractivity contribution in [2.75, 3.05) is 7.11 Å². The highest BCUT2D eigenvalue weighted by molar-refractivity contribution is 9.10. The van der Waals surface area contributed by atoms with Gasteiger partial charge in [0.2, 0.25) is 5.91 Å². The number of benzene rings is 2. The number of hydrogen-bond acceptors (Lipinski definition) is 5. The molecule has 1 amide bonds. The monoisotopic (exact) mass is 468 g/mol. The molecule has 0 bridgehead atoms. The van der Waals surface area contributed by atoms with E-state index >= 15 is 0 Å². The van der Waals surface area contributed by atoms with Crippen molar-refractivity contribution in [1.29, 1.82) is 0 Å². The van der Waals surface area contributed by atoms with E-state index in [9.17, 15) is 4.79 Å². The Labute approximate surface area is 180 Å². The zero-order valence-corrected chi connectivity index (χ0v) is 17.9. The number of hydrazone groups is 1. The third kappa shape index (κ3) is 4.55. The van der Waals surface area contributed by atoms with Gasteiger partial charge in [0.1, 0.15) is 5.75 Å². The summed E-state index contributed by atoms with van der Waals surface area (Å²) >= 11 is 4.95. The molecule has 0 spiro atoms. The Bertz CT molecular complexity index is 1160. The fourth-order valence-corrected chi connectivity index (χ4v) is 3.93. The van der Waals surface area contributed by atoms with Gasteiger partial charge in [0.15, 0.2) is 4.96 Å². The third-order valence-corrected chi connectivity index (χ3v) is 5.70. The van der Waals surface area contributed by atoms with Crippen LogP contribution in [-0.2, 0) is 11.2 Å². The second-order valence-electron chi connectivity index (χ2n) is 6.26. The van der Waals surface area contributed by atoms with Gasteiger partial charge in [0.05, 0.1) is 25.4 Å². The molecule has 0 aliphatic heterocycles. The molecule has 0 atom stereocenters. The van der Waals surface area contributed by atoms with E-state index in [4.69, 9.17) is 4.74 Å². The Morgan fingerprint density at radius 3 is 2.72 bits per heavy atom. The first-order valence-electron chi connectivity index (χ1n) is 8.80. The summed E-state index contributed by atoms with van der Waals surface area (Å²) in [6, 6.07) is 15.4. The van der Waals surface area contributed by atoms with Gasteiger partial charge in [-0.25, -0.2) is 10.4 Å². The highest BCUT2D eigenvalue weighted by Gasteiger charge is 2.12. The zero-order chi connectivity index (χ0) is 20.2. The van der Waals surface area contributed by atoms with Crippen LogP contribution in [0.1, 0.15) is 11.3 Å². The lowest BCUT2D eigenvalue weighted by Crippen LogP contribution is -2.20. The molecule has 29 heavy (non-hydrogen) atoms. The summed E-state index contributed by atoms with van der Waals surface area (Å²) in [6.45, 7) is 0. The van der Waals surface area contributed by atoms with E-state index in [-0.39, 0.29) is 12.3 Å². The van der Waals surface area contributed by atoms with Crippen molar-refractivity contribution < 1.29 is 9.53 Å². The molecular formula is C21H17BrN4O2S. The van der Waals surface area contributed by atoms with Gasteiger partial charge in [-0.2, -0.15) is 5.10 Å². The van der Waals surface area contributed by atoms with Crippen LogP contribution in [-0.4, -0.2) is 28.6 Å². The number of fused-ring (bicyclic) bond motifs is 1. The van der Waals surface area contributed by atoms with E-state index in [1.54, 1.807) is 13.3 Å². The zero-order valence-electron chi connectivity index (χ0n) is 15.5. The second-order valence-corrected chi connectivity index (χ2v) is 8.01. The van der Waals surface area contributed by atoms with Gasteiger partial charge in [0.25, 0.3) is 0 Å². The predicted molar refractivity (Wildman–Crippen MR) is 119 cm³/mol. The smallest absolute Gasteiger partial charge is 0.246 e. The van der Waals surface area contributed by atoms with Crippen LogP contribution in [0, 0.1) is 0 Å².